The van der Waals surface area contributed by atoms with Gasteiger partial charge in [-0.15, -0.1) is 0 Å². The summed E-state index contributed by atoms with van der Waals surface area (Å²) in [4.78, 5) is 18.1. The minimum atomic E-state index is -0.515. The highest BCUT2D eigenvalue weighted by atomic mass is 19.1. The number of aliphatic hydroxyl groups excluding tert-OH is 1. The number of pyridine rings is 1. The fraction of sp³-hybridized carbons (Fsp3) is 0.429. The first-order chi connectivity index (χ1) is 13.0. The fourth-order valence-electron chi connectivity index (χ4n) is 4.18. The summed E-state index contributed by atoms with van der Waals surface area (Å²) in [7, 11) is 0. The Morgan fingerprint density at radius 1 is 1.22 bits per heavy atom. The topological polar surface area (TPSA) is 62.7 Å². The zero-order valence-corrected chi connectivity index (χ0v) is 15.1. The number of benzene rings is 1. The van der Waals surface area contributed by atoms with E-state index in [0.717, 1.165) is 11.8 Å². The first-order valence-electron chi connectivity index (χ1n) is 9.35. The minimum absolute atomic E-state index is 0.135. The predicted octanol–water partition coefficient (Wildman–Crippen LogP) is 3.11. The van der Waals surface area contributed by atoms with Crippen molar-refractivity contribution in [2.75, 3.05) is 13.1 Å². The molecular formula is C21H23FN2O3. The monoisotopic (exact) mass is 370 g/mol. The molecule has 0 radical (unpaired) electrons. The van der Waals surface area contributed by atoms with E-state index < -0.39 is 17.5 Å². The molecule has 2 saturated heterocycles. The summed E-state index contributed by atoms with van der Waals surface area (Å²) >= 11 is 0. The summed E-state index contributed by atoms with van der Waals surface area (Å²) in [6.45, 7) is 1.03. The van der Waals surface area contributed by atoms with E-state index in [1.165, 1.54) is 12.3 Å². The lowest BCUT2D eigenvalue weighted by Crippen LogP contribution is -2.52. The van der Waals surface area contributed by atoms with Gasteiger partial charge in [-0.25, -0.2) is 4.39 Å². The molecule has 3 heterocycles. The molecule has 27 heavy (non-hydrogen) atoms. The smallest absolute Gasteiger partial charge is 0.255 e. The van der Waals surface area contributed by atoms with Gasteiger partial charge in [0.1, 0.15) is 5.82 Å². The highest BCUT2D eigenvalue weighted by Crippen LogP contribution is 2.43. The second kappa shape index (κ2) is 7.37. The molecule has 2 aromatic rings. The van der Waals surface area contributed by atoms with Crippen molar-refractivity contribution in [3.05, 3.63) is 65.7 Å². The molecule has 0 unspecified atom stereocenters. The minimum Gasteiger partial charge on any atom is -0.393 e. The average Bonchev–Trinajstić information content (AvgIpc) is 2.68. The average molecular weight is 370 g/mol. The van der Waals surface area contributed by atoms with Crippen LogP contribution in [-0.4, -0.2) is 45.7 Å². The van der Waals surface area contributed by atoms with Crippen LogP contribution in [0.4, 0.5) is 4.39 Å². The van der Waals surface area contributed by atoms with E-state index in [-0.39, 0.29) is 17.6 Å². The Morgan fingerprint density at radius 2 is 1.96 bits per heavy atom. The van der Waals surface area contributed by atoms with E-state index in [1.54, 1.807) is 4.90 Å². The number of carbonyl (C=O) groups is 1. The molecule has 1 aromatic carbocycles. The molecule has 1 N–H and O–H groups in total. The standard InChI is InChI=1S/C21H23FN2O3/c22-17-10-16(13-23-14-17)20(26)24-8-6-21(7-9-24)12-18(25)11-19(27-21)15-4-2-1-3-5-15/h1-5,10,13-14,18-19,25H,6-9,11-12H2/t18-,19-/m1/s1. The predicted molar refractivity (Wildman–Crippen MR) is 97.6 cm³/mol. The maximum absolute atomic E-state index is 13.3. The molecule has 1 amide bonds. The zero-order chi connectivity index (χ0) is 18.9. The molecule has 1 aromatic heterocycles. The zero-order valence-electron chi connectivity index (χ0n) is 15.1. The maximum Gasteiger partial charge on any atom is 0.255 e. The number of hydrogen-bond acceptors (Lipinski definition) is 4. The van der Waals surface area contributed by atoms with Crippen LogP contribution in [0.25, 0.3) is 0 Å². The number of likely N-dealkylation sites (tertiary alicyclic amines) is 1. The number of hydrogen-bond donors (Lipinski definition) is 1. The van der Waals surface area contributed by atoms with Gasteiger partial charge in [-0.1, -0.05) is 30.3 Å². The number of piperidine rings is 1. The van der Waals surface area contributed by atoms with Gasteiger partial charge in [-0.05, 0) is 24.5 Å². The van der Waals surface area contributed by atoms with E-state index in [1.807, 2.05) is 30.3 Å². The Morgan fingerprint density at radius 3 is 2.67 bits per heavy atom. The Kier molecular flexibility index (Phi) is 4.93. The number of carbonyl (C=O) groups excluding carboxylic acids is 1. The number of aromatic nitrogens is 1. The van der Waals surface area contributed by atoms with Crippen LogP contribution < -0.4 is 0 Å². The summed E-state index contributed by atoms with van der Waals surface area (Å²) in [6.07, 6.45) is 4.40. The highest BCUT2D eigenvalue weighted by molar-refractivity contribution is 5.94. The van der Waals surface area contributed by atoms with Crippen molar-refractivity contribution >= 4 is 5.91 Å². The largest absolute Gasteiger partial charge is 0.393 e. The van der Waals surface area contributed by atoms with Crippen LogP contribution in [0.1, 0.15) is 47.7 Å². The van der Waals surface area contributed by atoms with Crippen molar-refractivity contribution in [3.63, 3.8) is 0 Å². The molecule has 2 aliphatic rings. The van der Waals surface area contributed by atoms with Crippen LogP contribution in [0.15, 0.2) is 48.8 Å². The van der Waals surface area contributed by atoms with Crippen molar-refractivity contribution in [1.82, 2.24) is 9.88 Å². The third-order valence-corrected chi connectivity index (χ3v) is 5.57. The van der Waals surface area contributed by atoms with Gasteiger partial charge in [0.05, 0.1) is 29.6 Å². The molecule has 5 nitrogen and oxygen atoms in total. The van der Waals surface area contributed by atoms with E-state index in [4.69, 9.17) is 4.74 Å². The van der Waals surface area contributed by atoms with Gasteiger partial charge in [0.25, 0.3) is 5.91 Å². The summed E-state index contributed by atoms with van der Waals surface area (Å²) in [5.74, 6) is -0.730. The number of aliphatic hydroxyl groups is 1. The lowest BCUT2D eigenvalue weighted by molar-refractivity contribution is -0.181. The third-order valence-electron chi connectivity index (χ3n) is 5.57. The van der Waals surface area contributed by atoms with Crippen LogP contribution in [0, 0.1) is 5.82 Å². The summed E-state index contributed by atoms with van der Waals surface area (Å²) in [5.41, 5.74) is 0.910. The third kappa shape index (κ3) is 3.87. The number of rotatable bonds is 2. The second-order valence-corrected chi connectivity index (χ2v) is 7.48. The van der Waals surface area contributed by atoms with Crippen molar-refractivity contribution in [1.29, 1.82) is 0 Å². The molecule has 2 aliphatic heterocycles. The van der Waals surface area contributed by atoms with Gasteiger partial charge in [0.2, 0.25) is 0 Å². The molecule has 2 fully saturated rings. The van der Waals surface area contributed by atoms with Gasteiger partial charge in [0.15, 0.2) is 0 Å². The van der Waals surface area contributed by atoms with Gasteiger partial charge in [-0.3, -0.25) is 9.78 Å². The van der Waals surface area contributed by atoms with Crippen LogP contribution in [-0.2, 0) is 4.74 Å². The molecule has 142 valence electrons. The Bertz CT molecular complexity index is 806. The van der Waals surface area contributed by atoms with Crippen molar-refractivity contribution in [2.45, 2.75) is 43.5 Å². The van der Waals surface area contributed by atoms with Crippen LogP contribution in [0.5, 0.6) is 0 Å². The molecule has 1 spiro atoms. The fourth-order valence-corrected chi connectivity index (χ4v) is 4.18. The van der Waals surface area contributed by atoms with Crippen LogP contribution in [0.2, 0.25) is 0 Å². The molecule has 0 bridgehead atoms. The van der Waals surface area contributed by atoms with Crippen molar-refractivity contribution in [3.8, 4) is 0 Å². The normalized spacial score (nSPS) is 24.7. The lowest BCUT2D eigenvalue weighted by atomic mass is 9.81. The van der Waals surface area contributed by atoms with Gasteiger partial charge in [0, 0.05) is 32.1 Å². The SMILES string of the molecule is O=C(c1cncc(F)c1)N1CCC2(CC1)C[C@H](O)C[C@H](c1ccccc1)O2. The molecule has 0 aliphatic carbocycles. The molecular weight excluding hydrogens is 347 g/mol. The van der Waals surface area contributed by atoms with Crippen LogP contribution >= 0.6 is 0 Å². The molecule has 6 heteroatoms. The molecule has 2 atom stereocenters. The molecule has 0 saturated carbocycles. The Labute approximate surface area is 157 Å². The van der Waals surface area contributed by atoms with Gasteiger partial charge >= 0.3 is 0 Å². The maximum atomic E-state index is 13.3. The summed E-state index contributed by atoms with van der Waals surface area (Å²) in [5, 5.41) is 10.4. The van der Waals surface area contributed by atoms with Crippen LogP contribution in [0.3, 0.4) is 0 Å². The first kappa shape index (κ1) is 18.1. The number of ether oxygens (including phenoxy) is 1. The molecule has 4 rings (SSSR count). The van der Waals surface area contributed by atoms with Crippen molar-refractivity contribution < 1.29 is 19.0 Å². The Balaban J connectivity index is 1.45. The number of amides is 1. The number of nitrogens with zero attached hydrogens (tertiary/aromatic N) is 2. The summed E-state index contributed by atoms with van der Waals surface area (Å²) < 4.78 is 19.8. The van der Waals surface area contributed by atoms with Gasteiger partial charge in [-0.2, -0.15) is 0 Å². The lowest BCUT2D eigenvalue weighted by Gasteiger charge is -2.48. The van der Waals surface area contributed by atoms with Crippen molar-refractivity contribution in [2.24, 2.45) is 0 Å². The van der Waals surface area contributed by atoms with E-state index in [0.29, 0.717) is 38.8 Å². The summed E-state index contributed by atoms with van der Waals surface area (Å²) in [6, 6.07) is 11.2. The second-order valence-electron chi connectivity index (χ2n) is 7.48. The Hall–Kier alpha value is -2.31. The van der Waals surface area contributed by atoms with E-state index >= 15 is 0 Å². The van der Waals surface area contributed by atoms with E-state index in [9.17, 15) is 14.3 Å². The first-order valence-corrected chi connectivity index (χ1v) is 9.35. The number of halogens is 1. The van der Waals surface area contributed by atoms with Gasteiger partial charge < -0.3 is 14.7 Å². The quantitative estimate of drug-likeness (QED) is 0.882. The highest BCUT2D eigenvalue weighted by Gasteiger charge is 2.44. The van der Waals surface area contributed by atoms with E-state index in [2.05, 4.69) is 4.98 Å².